The molecule has 1 heterocycles. The summed E-state index contributed by atoms with van der Waals surface area (Å²) in [4.78, 5) is 8.42. The maximum Gasteiger partial charge on any atom is 0.224 e. The number of para-hydroxylation sites is 2. The van der Waals surface area contributed by atoms with Crippen molar-refractivity contribution in [2.45, 2.75) is 12.8 Å². The molecule has 0 fully saturated rings. The van der Waals surface area contributed by atoms with E-state index >= 15 is 0 Å². The zero-order chi connectivity index (χ0) is 15.9. The number of halogens is 1. The van der Waals surface area contributed by atoms with Crippen molar-refractivity contribution in [3.63, 3.8) is 0 Å². The lowest BCUT2D eigenvalue weighted by molar-refractivity contribution is 0.263. The number of fused-ring (bicyclic) bond motifs is 1. The molecule has 3 rings (SSSR count). The van der Waals surface area contributed by atoms with E-state index in [2.05, 4.69) is 9.97 Å². The molecule has 5 heteroatoms. The van der Waals surface area contributed by atoms with E-state index < -0.39 is 0 Å². The molecule has 0 unspecified atom stereocenters. The monoisotopic (exact) mass is 328 g/mol. The van der Waals surface area contributed by atoms with Crippen molar-refractivity contribution in [1.29, 1.82) is 0 Å². The van der Waals surface area contributed by atoms with Crippen LogP contribution in [0.25, 0.3) is 10.9 Å². The summed E-state index contributed by atoms with van der Waals surface area (Å²) in [6.45, 7) is 1.20. The molecule has 0 saturated carbocycles. The van der Waals surface area contributed by atoms with E-state index in [9.17, 15) is 0 Å². The fourth-order valence-corrected chi connectivity index (χ4v) is 2.40. The van der Waals surface area contributed by atoms with Gasteiger partial charge < -0.3 is 9.47 Å². The van der Waals surface area contributed by atoms with Crippen LogP contribution in [0.4, 0.5) is 0 Å². The SMILES string of the molecule is Clc1ccccc1OCCCCOc1ncnc2ccccc12. The Balaban J connectivity index is 1.44. The van der Waals surface area contributed by atoms with Crippen LogP contribution in [-0.4, -0.2) is 23.2 Å². The number of nitrogens with zero attached hydrogens (tertiary/aromatic N) is 2. The first-order chi connectivity index (χ1) is 11.3. The minimum absolute atomic E-state index is 0.590. The fourth-order valence-electron chi connectivity index (χ4n) is 2.21. The van der Waals surface area contributed by atoms with Crippen molar-refractivity contribution >= 4 is 22.5 Å². The van der Waals surface area contributed by atoms with E-state index in [0.29, 0.717) is 24.1 Å². The van der Waals surface area contributed by atoms with E-state index in [4.69, 9.17) is 21.1 Å². The number of ether oxygens (including phenoxy) is 2. The lowest BCUT2D eigenvalue weighted by Crippen LogP contribution is -2.04. The Morgan fingerprint density at radius 1 is 0.826 bits per heavy atom. The standard InChI is InChI=1S/C18H17ClN2O2/c19-15-8-2-4-10-17(15)22-11-5-6-12-23-18-14-7-1-3-9-16(14)20-13-21-18/h1-4,7-10,13H,5-6,11-12H2. The van der Waals surface area contributed by atoms with Crippen LogP contribution in [0.15, 0.2) is 54.9 Å². The molecule has 0 amide bonds. The molecule has 0 aliphatic carbocycles. The number of rotatable bonds is 7. The predicted molar refractivity (Wildman–Crippen MR) is 91.2 cm³/mol. The Morgan fingerprint density at radius 2 is 1.57 bits per heavy atom. The highest BCUT2D eigenvalue weighted by Crippen LogP contribution is 2.23. The second-order valence-electron chi connectivity index (χ2n) is 5.03. The molecule has 0 aliphatic heterocycles. The lowest BCUT2D eigenvalue weighted by Gasteiger charge is -2.09. The molecule has 0 spiro atoms. The van der Waals surface area contributed by atoms with Crippen molar-refractivity contribution in [2.75, 3.05) is 13.2 Å². The van der Waals surface area contributed by atoms with Crippen LogP contribution >= 0.6 is 11.6 Å². The highest BCUT2D eigenvalue weighted by Gasteiger charge is 2.04. The fraction of sp³-hybridized carbons (Fsp3) is 0.222. The van der Waals surface area contributed by atoms with Gasteiger partial charge in [0.1, 0.15) is 12.1 Å². The second kappa shape index (κ2) is 7.79. The molecule has 0 N–H and O–H groups in total. The van der Waals surface area contributed by atoms with Gasteiger partial charge in [-0.1, -0.05) is 35.9 Å². The maximum atomic E-state index is 6.04. The summed E-state index contributed by atoms with van der Waals surface area (Å²) in [5.74, 6) is 1.35. The van der Waals surface area contributed by atoms with Crippen LogP contribution in [0.3, 0.4) is 0 Å². The summed E-state index contributed by atoms with van der Waals surface area (Å²) in [5, 5.41) is 1.57. The van der Waals surface area contributed by atoms with Gasteiger partial charge in [0.15, 0.2) is 0 Å². The molecule has 3 aromatic rings. The Labute approximate surface area is 140 Å². The molecule has 0 radical (unpaired) electrons. The molecular formula is C18H17ClN2O2. The molecule has 118 valence electrons. The maximum absolute atomic E-state index is 6.04. The van der Waals surface area contributed by atoms with Crippen LogP contribution in [-0.2, 0) is 0 Å². The number of aromatic nitrogens is 2. The third kappa shape index (κ3) is 4.11. The molecular weight excluding hydrogens is 312 g/mol. The topological polar surface area (TPSA) is 44.2 Å². The first kappa shape index (κ1) is 15.6. The van der Waals surface area contributed by atoms with Crippen LogP contribution in [0.5, 0.6) is 11.6 Å². The smallest absolute Gasteiger partial charge is 0.224 e. The van der Waals surface area contributed by atoms with Crippen molar-refractivity contribution in [2.24, 2.45) is 0 Å². The highest BCUT2D eigenvalue weighted by molar-refractivity contribution is 6.32. The number of benzene rings is 2. The summed E-state index contributed by atoms with van der Waals surface area (Å²) in [5.41, 5.74) is 0.888. The zero-order valence-corrected chi connectivity index (χ0v) is 13.4. The first-order valence-electron chi connectivity index (χ1n) is 7.54. The van der Waals surface area contributed by atoms with Crippen molar-refractivity contribution in [3.05, 3.63) is 59.9 Å². The van der Waals surface area contributed by atoms with E-state index in [1.807, 2.05) is 48.5 Å². The Bertz CT molecular complexity index is 774. The first-order valence-corrected chi connectivity index (χ1v) is 7.92. The number of hydrogen-bond acceptors (Lipinski definition) is 4. The van der Waals surface area contributed by atoms with Crippen molar-refractivity contribution in [1.82, 2.24) is 9.97 Å². The summed E-state index contributed by atoms with van der Waals surface area (Å²) >= 11 is 6.04. The van der Waals surface area contributed by atoms with Crippen LogP contribution in [0.2, 0.25) is 5.02 Å². The van der Waals surface area contributed by atoms with Crippen LogP contribution < -0.4 is 9.47 Å². The summed E-state index contributed by atoms with van der Waals surface area (Å²) in [6.07, 6.45) is 3.29. The molecule has 23 heavy (non-hydrogen) atoms. The minimum Gasteiger partial charge on any atom is -0.492 e. The number of unbranched alkanes of at least 4 members (excludes halogenated alkanes) is 1. The van der Waals surface area contributed by atoms with Crippen LogP contribution in [0, 0.1) is 0 Å². The average molecular weight is 329 g/mol. The number of hydrogen-bond donors (Lipinski definition) is 0. The molecule has 0 atom stereocenters. The van der Waals surface area contributed by atoms with Gasteiger partial charge in [0.2, 0.25) is 5.88 Å². The van der Waals surface area contributed by atoms with Gasteiger partial charge in [0, 0.05) is 0 Å². The summed E-state index contributed by atoms with van der Waals surface area (Å²) in [6, 6.07) is 15.3. The van der Waals surface area contributed by atoms with Crippen molar-refractivity contribution in [3.8, 4) is 11.6 Å². The van der Waals surface area contributed by atoms with Crippen molar-refractivity contribution < 1.29 is 9.47 Å². The third-order valence-corrected chi connectivity index (χ3v) is 3.69. The predicted octanol–water partition coefficient (Wildman–Crippen LogP) is 4.52. The molecule has 0 saturated heterocycles. The van der Waals surface area contributed by atoms with E-state index in [0.717, 1.165) is 29.5 Å². The van der Waals surface area contributed by atoms with Gasteiger partial charge in [-0.3, -0.25) is 0 Å². The third-order valence-electron chi connectivity index (χ3n) is 3.38. The highest BCUT2D eigenvalue weighted by atomic mass is 35.5. The van der Waals surface area contributed by atoms with Gasteiger partial charge in [-0.15, -0.1) is 0 Å². The Hall–Kier alpha value is -2.33. The van der Waals surface area contributed by atoms with Gasteiger partial charge in [0.25, 0.3) is 0 Å². The normalized spacial score (nSPS) is 10.7. The van der Waals surface area contributed by atoms with Gasteiger partial charge in [-0.2, -0.15) is 0 Å². The Morgan fingerprint density at radius 3 is 2.43 bits per heavy atom. The second-order valence-corrected chi connectivity index (χ2v) is 5.44. The quantitative estimate of drug-likeness (QED) is 0.598. The molecule has 2 aromatic carbocycles. The Kier molecular flexibility index (Phi) is 5.27. The average Bonchev–Trinajstić information content (AvgIpc) is 2.59. The van der Waals surface area contributed by atoms with Gasteiger partial charge >= 0.3 is 0 Å². The van der Waals surface area contributed by atoms with Gasteiger partial charge in [-0.25, -0.2) is 9.97 Å². The lowest BCUT2D eigenvalue weighted by atomic mass is 10.2. The molecule has 4 nitrogen and oxygen atoms in total. The zero-order valence-electron chi connectivity index (χ0n) is 12.6. The minimum atomic E-state index is 0.590. The van der Waals surface area contributed by atoms with E-state index in [-0.39, 0.29) is 0 Å². The molecule has 0 aliphatic rings. The van der Waals surface area contributed by atoms with E-state index in [1.54, 1.807) is 0 Å². The van der Waals surface area contributed by atoms with Gasteiger partial charge in [0.05, 0.1) is 29.1 Å². The van der Waals surface area contributed by atoms with Crippen LogP contribution in [0.1, 0.15) is 12.8 Å². The summed E-state index contributed by atoms with van der Waals surface area (Å²) in [7, 11) is 0. The molecule has 0 bridgehead atoms. The van der Waals surface area contributed by atoms with Gasteiger partial charge in [-0.05, 0) is 37.1 Å². The largest absolute Gasteiger partial charge is 0.492 e. The molecule has 1 aromatic heterocycles. The summed E-state index contributed by atoms with van der Waals surface area (Å²) < 4.78 is 11.4. The van der Waals surface area contributed by atoms with E-state index in [1.165, 1.54) is 6.33 Å².